The summed E-state index contributed by atoms with van der Waals surface area (Å²) in [5.41, 5.74) is 4.74. The molecule has 1 unspecified atom stereocenters. The predicted octanol–water partition coefficient (Wildman–Crippen LogP) is 3.87. The van der Waals surface area contributed by atoms with Gasteiger partial charge in [0.05, 0.1) is 36.7 Å². The molecule has 16 nitrogen and oxygen atoms in total. The van der Waals surface area contributed by atoms with E-state index in [1.807, 2.05) is 18.2 Å². The first-order valence-corrected chi connectivity index (χ1v) is 21.8. The second-order valence-corrected chi connectivity index (χ2v) is 18.0. The lowest BCUT2D eigenvalue weighted by molar-refractivity contribution is -0.136. The largest absolute Gasteiger partial charge is 0.494 e. The van der Waals surface area contributed by atoms with Gasteiger partial charge in [0.15, 0.2) is 0 Å². The molecular weight excluding hydrogens is 763 g/mol. The van der Waals surface area contributed by atoms with Crippen LogP contribution in [0.5, 0.6) is 11.6 Å². The zero-order chi connectivity index (χ0) is 41.0. The van der Waals surface area contributed by atoms with Crippen LogP contribution < -0.4 is 24.6 Å². The van der Waals surface area contributed by atoms with Crippen molar-refractivity contribution in [3.63, 3.8) is 0 Å². The van der Waals surface area contributed by atoms with Crippen LogP contribution in [0.25, 0.3) is 22.3 Å². The van der Waals surface area contributed by atoms with Crippen LogP contribution in [0.15, 0.2) is 36.8 Å². The first-order chi connectivity index (χ1) is 29.2. The maximum absolute atomic E-state index is 13.4. The summed E-state index contributed by atoms with van der Waals surface area (Å²) in [6.07, 6.45) is 11.3. The van der Waals surface area contributed by atoms with E-state index in [9.17, 15) is 14.4 Å². The first-order valence-electron chi connectivity index (χ1n) is 21.8. The highest BCUT2D eigenvalue weighted by Gasteiger charge is 2.42. The number of piperazine rings is 2. The first kappa shape index (κ1) is 38.8. The minimum Gasteiger partial charge on any atom is -0.494 e. The molecule has 0 radical (unpaired) electrons. The minimum atomic E-state index is -0.642. The Morgan fingerprint density at radius 1 is 0.833 bits per heavy atom. The van der Waals surface area contributed by atoms with E-state index in [1.54, 1.807) is 24.5 Å². The Kier molecular flexibility index (Phi) is 10.3. The zero-order valence-corrected chi connectivity index (χ0v) is 34.7. The summed E-state index contributed by atoms with van der Waals surface area (Å²) in [4.78, 5) is 63.0. The number of imide groups is 1. The van der Waals surface area contributed by atoms with E-state index < -0.39 is 11.9 Å². The van der Waals surface area contributed by atoms with Gasteiger partial charge in [0.2, 0.25) is 17.7 Å². The van der Waals surface area contributed by atoms with E-state index in [0.717, 1.165) is 123 Å². The van der Waals surface area contributed by atoms with Crippen LogP contribution in [0.2, 0.25) is 0 Å². The van der Waals surface area contributed by atoms with Crippen molar-refractivity contribution in [2.75, 3.05) is 82.4 Å². The van der Waals surface area contributed by atoms with Crippen molar-refractivity contribution in [3.05, 3.63) is 47.9 Å². The molecule has 5 fully saturated rings. The lowest BCUT2D eigenvalue weighted by Crippen LogP contribution is -2.52. The number of carbonyl (C=O) groups is 3. The molecule has 60 heavy (non-hydrogen) atoms. The Hall–Kier alpha value is -5.35. The summed E-state index contributed by atoms with van der Waals surface area (Å²) < 4.78 is 12.1. The van der Waals surface area contributed by atoms with Gasteiger partial charge in [-0.25, -0.2) is 15.0 Å². The van der Waals surface area contributed by atoms with Crippen molar-refractivity contribution in [3.8, 4) is 23.0 Å². The number of aromatic nitrogens is 5. The number of nitrogens with zero attached hydrogens (tertiary/aromatic N) is 9. The van der Waals surface area contributed by atoms with Crippen molar-refractivity contribution >= 4 is 40.1 Å². The molecule has 3 saturated heterocycles. The highest BCUT2D eigenvalue weighted by Crippen LogP contribution is 2.42. The third-order valence-electron chi connectivity index (χ3n) is 13.9. The fourth-order valence-corrected chi connectivity index (χ4v) is 10.1. The summed E-state index contributed by atoms with van der Waals surface area (Å²) in [6, 6.07) is 7.26. The number of benzene rings is 1. The molecule has 2 aliphatic carbocycles. The van der Waals surface area contributed by atoms with Crippen LogP contribution in [0, 0.1) is 11.8 Å². The molecule has 10 rings (SSSR count). The number of amides is 3. The van der Waals surface area contributed by atoms with Crippen LogP contribution in [-0.4, -0.2) is 142 Å². The van der Waals surface area contributed by atoms with E-state index in [4.69, 9.17) is 9.47 Å². The molecule has 316 valence electrons. The van der Waals surface area contributed by atoms with Crippen LogP contribution in [0.3, 0.4) is 0 Å². The number of hydrogen-bond donors (Lipinski definition) is 2. The lowest BCUT2D eigenvalue weighted by Gasteiger charge is -2.41. The van der Waals surface area contributed by atoms with Gasteiger partial charge < -0.3 is 24.2 Å². The summed E-state index contributed by atoms with van der Waals surface area (Å²) in [7, 11) is 1.66. The van der Waals surface area contributed by atoms with Crippen molar-refractivity contribution in [2.45, 2.75) is 76.5 Å². The summed E-state index contributed by atoms with van der Waals surface area (Å²) in [5, 5.41) is 11.0. The summed E-state index contributed by atoms with van der Waals surface area (Å²) >= 11 is 0. The number of methoxy groups -OCH3 is 1. The summed E-state index contributed by atoms with van der Waals surface area (Å²) in [5.74, 6) is 2.90. The highest BCUT2D eigenvalue weighted by molar-refractivity contribution is 6.06. The van der Waals surface area contributed by atoms with Gasteiger partial charge in [-0.3, -0.25) is 34.6 Å². The van der Waals surface area contributed by atoms with E-state index in [1.165, 1.54) is 32.2 Å². The third-order valence-corrected chi connectivity index (χ3v) is 13.9. The molecule has 2 saturated carbocycles. The maximum atomic E-state index is 13.4. The highest BCUT2D eigenvalue weighted by atomic mass is 16.5. The van der Waals surface area contributed by atoms with Crippen molar-refractivity contribution in [1.82, 2.24) is 45.2 Å². The number of carbonyl (C=O) groups excluding carboxylic acids is 3. The van der Waals surface area contributed by atoms with Crippen LogP contribution >= 0.6 is 0 Å². The average Bonchev–Trinajstić information content (AvgIpc) is 3.68. The molecule has 16 heteroatoms. The van der Waals surface area contributed by atoms with Gasteiger partial charge in [0, 0.05) is 101 Å². The van der Waals surface area contributed by atoms with Gasteiger partial charge in [-0.1, -0.05) is 0 Å². The second-order valence-electron chi connectivity index (χ2n) is 18.0. The topological polar surface area (TPSA) is 165 Å². The standard InChI is InChI=1S/C44H55N11O5/c1-44(11-12-44)60-39-21-31-34(23-45-39)49-50-40(31)33-22-37(47-27-46-33)54-19-15-52(16-20-54)25-29-5-3-28(4-6-29)24-51-13-17-53(18-14-51)35-8-7-30-32(41(35)59-2)26-55(43(30)58)36-9-10-38(56)48-42(36)57/h7-8,21-23,27-29,36H,3-6,9-20,24-26H2,1-2H3,(H,49,50)(H,48,56,57)/t28-,29-,36?. The van der Waals surface area contributed by atoms with E-state index in [0.29, 0.717) is 30.2 Å². The molecule has 3 amide bonds. The molecule has 1 atom stereocenters. The van der Waals surface area contributed by atoms with E-state index in [-0.39, 0.29) is 23.8 Å². The van der Waals surface area contributed by atoms with Gasteiger partial charge in [-0.15, -0.1) is 0 Å². The SMILES string of the molecule is COc1c(N2CCN(C[C@H]3CC[C@H](CN4CCN(c5cc(-c6n[nH]c7cnc(OC8(C)CC8)cc67)ncn5)CC4)CC3)CC2)ccc2c1CN(C1CCC(=O)NC1=O)C2=O. The van der Waals surface area contributed by atoms with Crippen molar-refractivity contribution < 1.29 is 23.9 Å². The Morgan fingerprint density at radius 3 is 2.20 bits per heavy atom. The average molecular weight is 818 g/mol. The predicted molar refractivity (Wildman–Crippen MR) is 225 cm³/mol. The van der Waals surface area contributed by atoms with Gasteiger partial charge >= 0.3 is 0 Å². The molecule has 0 spiro atoms. The van der Waals surface area contributed by atoms with Gasteiger partial charge in [-0.05, 0) is 75.8 Å². The van der Waals surface area contributed by atoms with Crippen LogP contribution in [0.1, 0.15) is 74.2 Å². The Morgan fingerprint density at radius 2 is 1.53 bits per heavy atom. The number of aromatic amines is 1. The van der Waals surface area contributed by atoms with E-state index >= 15 is 0 Å². The molecule has 7 heterocycles. The molecule has 0 bridgehead atoms. The molecule has 4 aliphatic heterocycles. The number of ether oxygens (including phenoxy) is 2. The normalized spacial score (nSPS) is 24.8. The molecule has 4 aromatic rings. The number of piperidine rings is 1. The second kappa shape index (κ2) is 15.9. The number of rotatable bonds is 11. The van der Waals surface area contributed by atoms with Crippen molar-refractivity contribution in [1.29, 1.82) is 0 Å². The molecule has 2 N–H and O–H groups in total. The van der Waals surface area contributed by atoms with Crippen LogP contribution in [0.4, 0.5) is 11.5 Å². The van der Waals surface area contributed by atoms with Gasteiger partial charge in [0.25, 0.3) is 5.91 Å². The fraction of sp³-hybridized carbons (Fsp3) is 0.568. The number of fused-ring (bicyclic) bond motifs is 2. The van der Waals surface area contributed by atoms with E-state index in [2.05, 4.69) is 63.1 Å². The Labute approximate surface area is 350 Å². The lowest BCUT2D eigenvalue weighted by atomic mass is 9.81. The van der Waals surface area contributed by atoms with Gasteiger partial charge in [-0.2, -0.15) is 5.10 Å². The fourth-order valence-electron chi connectivity index (χ4n) is 10.1. The van der Waals surface area contributed by atoms with Crippen LogP contribution in [-0.2, 0) is 16.1 Å². The molecule has 6 aliphatic rings. The number of pyridine rings is 1. The smallest absolute Gasteiger partial charge is 0.255 e. The number of nitrogens with one attached hydrogen (secondary N) is 2. The molecular formula is C44H55N11O5. The minimum absolute atomic E-state index is 0.101. The zero-order valence-electron chi connectivity index (χ0n) is 34.7. The van der Waals surface area contributed by atoms with Gasteiger partial charge in [0.1, 0.15) is 35.2 Å². The molecule has 3 aromatic heterocycles. The number of anilines is 2. The molecule has 1 aromatic carbocycles. The third kappa shape index (κ3) is 7.75. The monoisotopic (exact) mass is 817 g/mol. The number of hydrogen-bond acceptors (Lipinski definition) is 13. The maximum Gasteiger partial charge on any atom is 0.255 e. The van der Waals surface area contributed by atoms with Crippen molar-refractivity contribution in [2.24, 2.45) is 11.8 Å². The quantitative estimate of drug-likeness (QED) is 0.210. The number of H-pyrrole nitrogens is 1. The Bertz CT molecular complexity index is 2270. The Balaban J connectivity index is 0.673. The summed E-state index contributed by atoms with van der Waals surface area (Å²) in [6.45, 7) is 12.5.